The van der Waals surface area contributed by atoms with Gasteiger partial charge in [-0.1, -0.05) is 30.3 Å². The molecule has 36 heavy (non-hydrogen) atoms. The Hall–Kier alpha value is -3.88. The van der Waals surface area contributed by atoms with Gasteiger partial charge in [0.15, 0.2) is 5.69 Å². The Balaban J connectivity index is 1.41. The van der Waals surface area contributed by atoms with E-state index in [0.717, 1.165) is 35.4 Å². The summed E-state index contributed by atoms with van der Waals surface area (Å²) in [5.74, 6) is -0.483. The number of amides is 3. The molecule has 5 rings (SSSR count). The second-order valence-corrected chi connectivity index (χ2v) is 9.65. The van der Waals surface area contributed by atoms with Crippen LogP contribution in [0.25, 0.3) is 0 Å². The van der Waals surface area contributed by atoms with Crippen LogP contribution in [-0.2, 0) is 30.7 Å². The molecule has 0 saturated carbocycles. The van der Waals surface area contributed by atoms with Gasteiger partial charge in [-0.3, -0.25) is 19.1 Å². The van der Waals surface area contributed by atoms with Crippen LogP contribution in [-0.4, -0.2) is 68.5 Å². The first-order chi connectivity index (χ1) is 17.4. The number of rotatable bonds is 6. The van der Waals surface area contributed by atoms with Crippen molar-refractivity contribution in [3.8, 4) is 0 Å². The number of carbonyl (C=O) groups excluding carboxylic acids is 3. The Morgan fingerprint density at radius 2 is 1.81 bits per heavy atom. The van der Waals surface area contributed by atoms with Gasteiger partial charge >= 0.3 is 0 Å². The molecule has 0 atom stereocenters. The summed E-state index contributed by atoms with van der Waals surface area (Å²) in [5, 5.41) is 7.52. The van der Waals surface area contributed by atoms with Gasteiger partial charge < -0.3 is 20.1 Å². The number of benzene rings is 1. The van der Waals surface area contributed by atoms with Gasteiger partial charge in [-0.05, 0) is 43.9 Å². The molecule has 2 N–H and O–H groups in total. The molecule has 0 aliphatic carbocycles. The van der Waals surface area contributed by atoms with Crippen LogP contribution in [0.15, 0.2) is 36.4 Å². The van der Waals surface area contributed by atoms with E-state index < -0.39 is 0 Å². The van der Waals surface area contributed by atoms with Crippen molar-refractivity contribution >= 4 is 17.7 Å². The van der Waals surface area contributed by atoms with Crippen molar-refractivity contribution in [2.45, 2.75) is 46.2 Å². The van der Waals surface area contributed by atoms with Crippen LogP contribution in [0.2, 0.25) is 0 Å². The molecule has 1 aromatic carbocycles. The molecule has 9 nitrogen and oxygen atoms in total. The number of nitrogens with zero attached hydrogens (tertiary/aromatic N) is 4. The molecule has 3 amide bonds. The number of aromatic nitrogens is 3. The van der Waals surface area contributed by atoms with Gasteiger partial charge in [0.1, 0.15) is 5.69 Å². The van der Waals surface area contributed by atoms with E-state index in [1.807, 2.05) is 42.8 Å². The Morgan fingerprint density at radius 3 is 2.53 bits per heavy atom. The highest BCUT2D eigenvalue weighted by Gasteiger charge is 2.34. The second kappa shape index (κ2) is 10.0. The Labute approximate surface area is 210 Å². The van der Waals surface area contributed by atoms with Gasteiger partial charge in [0.2, 0.25) is 5.91 Å². The van der Waals surface area contributed by atoms with E-state index in [2.05, 4.69) is 22.4 Å². The third kappa shape index (κ3) is 4.78. The molecule has 2 aliphatic rings. The average molecular weight is 489 g/mol. The van der Waals surface area contributed by atoms with Crippen molar-refractivity contribution in [3.05, 3.63) is 75.9 Å². The summed E-state index contributed by atoms with van der Waals surface area (Å²) in [7, 11) is 0. The first kappa shape index (κ1) is 23.8. The number of H-pyrrole nitrogens is 1. The number of fused-ring (bicyclic) bond motifs is 1. The summed E-state index contributed by atoms with van der Waals surface area (Å²) >= 11 is 0. The molecule has 2 aliphatic heterocycles. The molecule has 0 radical (unpaired) electrons. The summed E-state index contributed by atoms with van der Waals surface area (Å²) in [6.07, 6.45) is 2.44. The molecule has 1 fully saturated rings. The predicted molar refractivity (Wildman–Crippen MR) is 135 cm³/mol. The summed E-state index contributed by atoms with van der Waals surface area (Å²) in [6.45, 7) is 6.34. The van der Waals surface area contributed by atoms with Gasteiger partial charge in [0, 0.05) is 49.6 Å². The van der Waals surface area contributed by atoms with E-state index >= 15 is 0 Å². The van der Waals surface area contributed by atoms with Crippen LogP contribution in [0.1, 0.15) is 55.5 Å². The molecule has 0 unspecified atom stereocenters. The summed E-state index contributed by atoms with van der Waals surface area (Å²) < 4.78 is 1.95. The normalized spacial score (nSPS) is 15.6. The maximum absolute atomic E-state index is 13.5. The number of carbonyl (C=O) groups is 3. The minimum atomic E-state index is -0.246. The molecule has 4 heterocycles. The molecule has 188 valence electrons. The average Bonchev–Trinajstić information content (AvgIpc) is 3.42. The summed E-state index contributed by atoms with van der Waals surface area (Å²) in [5.41, 5.74) is 5.88. The predicted octanol–water partition coefficient (Wildman–Crippen LogP) is 2.23. The van der Waals surface area contributed by atoms with E-state index in [1.165, 1.54) is 5.56 Å². The zero-order valence-electron chi connectivity index (χ0n) is 20.8. The Morgan fingerprint density at radius 1 is 1.03 bits per heavy atom. The maximum atomic E-state index is 13.5. The van der Waals surface area contributed by atoms with Gasteiger partial charge in [-0.15, -0.1) is 0 Å². The molecule has 1 saturated heterocycles. The lowest BCUT2D eigenvalue weighted by atomic mass is 10.0. The largest absolute Gasteiger partial charge is 0.354 e. The van der Waals surface area contributed by atoms with E-state index in [-0.39, 0.29) is 24.3 Å². The topological polar surface area (TPSA) is 103 Å². The van der Waals surface area contributed by atoms with Crippen molar-refractivity contribution in [1.29, 1.82) is 0 Å². The lowest BCUT2D eigenvalue weighted by Crippen LogP contribution is -2.50. The SMILES string of the molecule is Cc1cc(C)c(C(=O)N2CCc3c(c(C(=O)N4CCNC(=O)C4)nn3CCCc3ccccc3)C2)[nH]1. The summed E-state index contributed by atoms with van der Waals surface area (Å²) in [6, 6.07) is 12.3. The van der Waals surface area contributed by atoms with E-state index in [9.17, 15) is 14.4 Å². The Kier molecular flexibility index (Phi) is 6.63. The van der Waals surface area contributed by atoms with Crippen LogP contribution in [0.3, 0.4) is 0 Å². The fraction of sp³-hybridized carbons (Fsp3) is 0.407. The zero-order valence-corrected chi connectivity index (χ0v) is 20.8. The first-order valence-corrected chi connectivity index (χ1v) is 12.5. The third-order valence-corrected chi connectivity index (χ3v) is 6.99. The van der Waals surface area contributed by atoms with Crippen LogP contribution in [0, 0.1) is 13.8 Å². The van der Waals surface area contributed by atoms with Crippen LogP contribution >= 0.6 is 0 Å². The van der Waals surface area contributed by atoms with Crippen LogP contribution in [0.5, 0.6) is 0 Å². The van der Waals surface area contributed by atoms with Gasteiger partial charge in [0.25, 0.3) is 11.8 Å². The van der Waals surface area contributed by atoms with Crippen LogP contribution < -0.4 is 5.32 Å². The number of aryl methyl sites for hydroxylation is 4. The van der Waals surface area contributed by atoms with Crippen LogP contribution in [0.4, 0.5) is 0 Å². The second-order valence-electron chi connectivity index (χ2n) is 9.65. The monoisotopic (exact) mass is 488 g/mol. The molecular weight excluding hydrogens is 456 g/mol. The van der Waals surface area contributed by atoms with Crippen molar-refractivity contribution < 1.29 is 14.4 Å². The highest BCUT2D eigenvalue weighted by molar-refractivity contribution is 5.98. The number of piperazine rings is 1. The fourth-order valence-electron chi connectivity index (χ4n) is 5.17. The van der Waals surface area contributed by atoms with Crippen molar-refractivity contribution in [2.75, 3.05) is 26.2 Å². The molecule has 9 heteroatoms. The smallest absolute Gasteiger partial charge is 0.275 e. The van der Waals surface area contributed by atoms with Crippen molar-refractivity contribution in [2.24, 2.45) is 0 Å². The van der Waals surface area contributed by atoms with Crippen molar-refractivity contribution in [1.82, 2.24) is 29.9 Å². The highest BCUT2D eigenvalue weighted by atomic mass is 16.2. The highest BCUT2D eigenvalue weighted by Crippen LogP contribution is 2.26. The third-order valence-electron chi connectivity index (χ3n) is 6.99. The fourth-order valence-corrected chi connectivity index (χ4v) is 5.17. The number of hydrogen-bond acceptors (Lipinski definition) is 4. The molecule has 2 aromatic heterocycles. The standard InChI is InChI=1S/C27H32N6O3/c1-18-15-19(2)29-24(18)26(35)31-13-10-22-21(16-31)25(27(36)32-14-11-28-23(34)17-32)30-33(22)12-6-9-20-7-4-3-5-8-20/h3-5,7-8,15,29H,6,9-14,16-17H2,1-2H3,(H,28,34). The van der Waals surface area contributed by atoms with Gasteiger partial charge in [0.05, 0.1) is 13.1 Å². The number of aromatic amines is 1. The summed E-state index contributed by atoms with van der Waals surface area (Å²) in [4.78, 5) is 45.3. The number of nitrogens with one attached hydrogen (secondary N) is 2. The molecular formula is C27H32N6O3. The molecule has 3 aromatic rings. The van der Waals surface area contributed by atoms with E-state index in [4.69, 9.17) is 5.10 Å². The minimum Gasteiger partial charge on any atom is -0.354 e. The minimum absolute atomic E-state index is 0.0259. The molecule has 0 spiro atoms. The van der Waals surface area contributed by atoms with Crippen molar-refractivity contribution in [3.63, 3.8) is 0 Å². The van der Waals surface area contributed by atoms with Gasteiger partial charge in [-0.25, -0.2) is 0 Å². The Bertz CT molecular complexity index is 1290. The van der Waals surface area contributed by atoms with E-state index in [1.54, 1.807) is 9.80 Å². The van der Waals surface area contributed by atoms with E-state index in [0.29, 0.717) is 50.5 Å². The lowest BCUT2D eigenvalue weighted by molar-refractivity contribution is -0.123. The van der Waals surface area contributed by atoms with Gasteiger partial charge in [-0.2, -0.15) is 5.10 Å². The zero-order chi connectivity index (χ0) is 25.2. The first-order valence-electron chi connectivity index (χ1n) is 12.5. The lowest BCUT2D eigenvalue weighted by Gasteiger charge is -2.29. The quantitative estimate of drug-likeness (QED) is 0.555. The molecule has 0 bridgehead atoms. The maximum Gasteiger partial charge on any atom is 0.275 e. The number of hydrogen-bond donors (Lipinski definition) is 2.